The Hall–Kier alpha value is -0.830. The van der Waals surface area contributed by atoms with Gasteiger partial charge in [0, 0.05) is 6.54 Å². The molecular formula is C15H19NO2. The zero-order chi connectivity index (χ0) is 12.2. The van der Waals surface area contributed by atoms with E-state index in [4.69, 9.17) is 0 Å². The molecule has 5 fully saturated rings. The molecule has 0 saturated heterocycles. The van der Waals surface area contributed by atoms with Crippen molar-refractivity contribution >= 4 is 5.91 Å². The second-order valence-corrected chi connectivity index (χ2v) is 7.25. The maximum absolute atomic E-state index is 11.4. The highest BCUT2D eigenvalue weighted by Crippen LogP contribution is 2.85. The van der Waals surface area contributed by atoms with Crippen LogP contribution >= 0.6 is 0 Å². The summed E-state index contributed by atoms with van der Waals surface area (Å²) in [5, 5.41) is 14.0. The lowest BCUT2D eigenvalue weighted by atomic mass is 9.56. The zero-order valence-corrected chi connectivity index (χ0v) is 10.4. The van der Waals surface area contributed by atoms with Gasteiger partial charge in [0.2, 0.25) is 5.91 Å². The Morgan fingerprint density at radius 1 is 1.22 bits per heavy atom. The lowest BCUT2D eigenvalue weighted by Crippen LogP contribution is -2.58. The number of amides is 1. The van der Waals surface area contributed by atoms with Gasteiger partial charge in [-0.3, -0.25) is 4.79 Å². The van der Waals surface area contributed by atoms with E-state index in [1.54, 1.807) is 0 Å². The number of fused-ring (bicyclic) bond motifs is 2. The first kappa shape index (κ1) is 10.0. The summed E-state index contributed by atoms with van der Waals surface area (Å²) in [7, 11) is 0. The lowest BCUT2D eigenvalue weighted by Gasteiger charge is -2.51. The van der Waals surface area contributed by atoms with E-state index in [9.17, 15) is 9.90 Å². The first-order valence-corrected chi connectivity index (χ1v) is 7.29. The summed E-state index contributed by atoms with van der Waals surface area (Å²) >= 11 is 0. The molecule has 0 spiro atoms. The third-order valence-electron chi connectivity index (χ3n) is 7.25. The van der Waals surface area contributed by atoms with Crippen LogP contribution in [0.4, 0.5) is 0 Å². The Morgan fingerprint density at radius 2 is 1.94 bits per heavy atom. The van der Waals surface area contributed by atoms with Gasteiger partial charge in [0.15, 0.2) is 0 Å². The van der Waals surface area contributed by atoms with Crippen molar-refractivity contribution in [3.05, 3.63) is 12.7 Å². The summed E-state index contributed by atoms with van der Waals surface area (Å²) in [5.41, 5.74) is -0.594. The normalized spacial score (nSPS) is 64.3. The van der Waals surface area contributed by atoms with Crippen LogP contribution < -0.4 is 5.32 Å². The molecule has 96 valence electrons. The molecule has 5 rings (SSSR count). The van der Waals surface area contributed by atoms with E-state index < -0.39 is 5.60 Å². The fourth-order valence-corrected chi connectivity index (χ4v) is 7.26. The SMILES string of the molecule is C=CC(=O)NCC1(O)C2C3CC4C5C3CC2C5C41. The maximum Gasteiger partial charge on any atom is 0.243 e. The van der Waals surface area contributed by atoms with Gasteiger partial charge < -0.3 is 10.4 Å². The minimum absolute atomic E-state index is 0.151. The molecule has 0 aliphatic heterocycles. The van der Waals surface area contributed by atoms with Gasteiger partial charge in [0.05, 0.1) is 5.60 Å². The molecule has 3 heteroatoms. The van der Waals surface area contributed by atoms with Crippen molar-refractivity contribution in [3.8, 4) is 0 Å². The summed E-state index contributed by atoms with van der Waals surface area (Å²) in [4.78, 5) is 11.4. The smallest absolute Gasteiger partial charge is 0.243 e. The number of nitrogens with one attached hydrogen (secondary N) is 1. The highest BCUT2D eigenvalue weighted by Gasteiger charge is 2.84. The van der Waals surface area contributed by atoms with E-state index in [0.29, 0.717) is 18.4 Å². The van der Waals surface area contributed by atoms with E-state index in [-0.39, 0.29) is 5.91 Å². The summed E-state index contributed by atoms with van der Waals surface area (Å²) in [6.07, 6.45) is 4.04. The highest BCUT2D eigenvalue weighted by molar-refractivity contribution is 5.86. The first-order valence-electron chi connectivity index (χ1n) is 7.29. The molecule has 9 unspecified atom stereocenters. The molecule has 5 saturated carbocycles. The predicted octanol–water partition coefficient (Wildman–Crippen LogP) is 0.797. The minimum atomic E-state index is -0.594. The van der Waals surface area contributed by atoms with Crippen LogP contribution in [0.1, 0.15) is 12.8 Å². The molecule has 2 N–H and O–H groups in total. The van der Waals surface area contributed by atoms with Gasteiger partial charge in [-0.1, -0.05) is 6.58 Å². The number of rotatable bonds is 3. The summed E-state index contributed by atoms with van der Waals surface area (Å²) in [5.74, 6) is 5.82. The molecule has 3 nitrogen and oxygen atoms in total. The number of carbonyl (C=O) groups is 1. The number of carbonyl (C=O) groups excluding carboxylic acids is 1. The number of aliphatic hydroxyl groups is 1. The molecule has 0 heterocycles. The van der Waals surface area contributed by atoms with Crippen molar-refractivity contribution in [1.29, 1.82) is 0 Å². The van der Waals surface area contributed by atoms with Gasteiger partial charge in [-0.05, 0) is 66.3 Å². The molecule has 5 aliphatic carbocycles. The van der Waals surface area contributed by atoms with E-state index in [2.05, 4.69) is 11.9 Å². The van der Waals surface area contributed by atoms with Crippen LogP contribution in [0, 0.1) is 47.3 Å². The Bertz CT molecular complexity index is 469. The molecule has 9 atom stereocenters. The third kappa shape index (κ3) is 0.763. The van der Waals surface area contributed by atoms with Crippen LogP contribution in [0.15, 0.2) is 12.7 Å². The number of hydrogen-bond acceptors (Lipinski definition) is 2. The van der Waals surface area contributed by atoms with E-state index in [0.717, 1.165) is 35.5 Å². The van der Waals surface area contributed by atoms with Gasteiger partial charge in [0.25, 0.3) is 0 Å². The van der Waals surface area contributed by atoms with Crippen molar-refractivity contribution in [2.24, 2.45) is 47.3 Å². The van der Waals surface area contributed by atoms with Crippen LogP contribution in [-0.2, 0) is 4.79 Å². The van der Waals surface area contributed by atoms with Crippen LogP contribution in [0.2, 0.25) is 0 Å². The summed E-state index contributed by atoms with van der Waals surface area (Å²) in [6, 6.07) is 0. The van der Waals surface area contributed by atoms with Gasteiger partial charge in [-0.2, -0.15) is 0 Å². The molecule has 2 bridgehead atoms. The van der Waals surface area contributed by atoms with E-state index >= 15 is 0 Å². The Morgan fingerprint density at radius 3 is 2.72 bits per heavy atom. The monoisotopic (exact) mass is 245 g/mol. The van der Waals surface area contributed by atoms with Crippen LogP contribution in [-0.4, -0.2) is 23.2 Å². The first-order chi connectivity index (χ1) is 8.66. The van der Waals surface area contributed by atoms with Crippen molar-refractivity contribution in [3.63, 3.8) is 0 Å². The third-order valence-corrected chi connectivity index (χ3v) is 7.25. The molecule has 0 aromatic heterocycles. The van der Waals surface area contributed by atoms with Crippen LogP contribution in [0.25, 0.3) is 0 Å². The lowest BCUT2D eigenvalue weighted by molar-refractivity contribution is -0.135. The van der Waals surface area contributed by atoms with Crippen LogP contribution in [0.5, 0.6) is 0 Å². The Kier molecular flexibility index (Phi) is 1.50. The Balaban J connectivity index is 1.50. The molecule has 1 amide bonds. The van der Waals surface area contributed by atoms with Crippen molar-refractivity contribution in [2.75, 3.05) is 6.54 Å². The molecule has 0 aromatic rings. The second-order valence-electron chi connectivity index (χ2n) is 7.25. The molecular weight excluding hydrogens is 226 g/mol. The topological polar surface area (TPSA) is 49.3 Å². The molecule has 5 aliphatic rings. The zero-order valence-electron chi connectivity index (χ0n) is 10.4. The van der Waals surface area contributed by atoms with Crippen molar-refractivity contribution in [2.45, 2.75) is 18.4 Å². The van der Waals surface area contributed by atoms with Gasteiger partial charge in [-0.25, -0.2) is 0 Å². The van der Waals surface area contributed by atoms with E-state index in [1.807, 2.05) is 0 Å². The van der Waals surface area contributed by atoms with Crippen LogP contribution in [0.3, 0.4) is 0 Å². The quantitative estimate of drug-likeness (QED) is 0.723. The summed E-state index contributed by atoms with van der Waals surface area (Å²) < 4.78 is 0. The minimum Gasteiger partial charge on any atom is -0.387 e. The van der Waals surface area contributed by atoms with E-state index in [1.165, 1.54) is 18.9 Å². The van der Waals surface area contributed by atoms with Gasteiger partial charge >= 0.3 is 0 Å². The maximum atomic E-state index is 11.4. The molecule has 18 heavy (non-hydrogen) atoms. The van der Waals surface area contributed by atoms with Gasteiger partial charge in [-0.15, -0.1) is 0 Å². The molecule has 0 aromatic carbocycles. The predicted molar refractivity (Wildman–Crippen MR) is 65.3 cm³/mol. The fraction of sp³-hybridized carbons (Fsp3) is 0.800. The standard InChI is InChI=1S/C15H19NO2/c1-2-10(17)16-5-15(18)13-7-4-8-11-6(7)3-9(13)12(11)14(8)15/h2,6-9,11-14,18H,1,3-5H2,(H,16,17). The average Bonchev–Trinajstić information content (AvgIpc) is 2.84. The van der Waals surface area contributed by atoms with Gasteiger partial charge in [0.1, 0.15) is 0 Å². The number of hydrogen-bond donors (Lipinski definition) is 2. The largest absolute Gasteiger partial charge is 0.387 e. The second kappa shape index (κ2) is 2.69. The van der Waals surface area contributed by atoms with Crippen molar-refractivity contribution < 1.29 is 9.90 Å². The fourth-order valence-electron chi connectivity index (χ4n) is 7.26. The van der Waals surface area contributed by atoms with Crippen molar-refractivity contribution in [1.82, 2.24) is 5.32 Å². The summed E-state index contributed by atoms with van der Waals surface area (Å²) in [6.45, 7) is 3.93. The Labute approximate surface area is 107 Å². The highest BCUT2D eigenvalue weighted by atomic mass is 16.3. The molecule has 0 radical (unpaired) electrons. The average molecular weight is 245 g/mol.